The highest BCUT2D eigenvalue weighted by atomic mass is 28.3. The lowest BCUT2D eigenvalue weighted by Gasteiger charge is -2.34. The van der Waals surface area contributed by atoms with Crippen LogP contribution in [0.25, 0.3) is 76.9 Å². The first-order valence-corrected chi connectivity index (χ1v) is 26.4. The molecule has 0 fully saturated rings. The maximum atomic E-state index is 6.47. The quantitative estimate of drug-likeness (QED) is 0.0772. The third kappa shape index (κ3) is 7.52. The average Bonchev–Trinajstić information content (AvgIpc) is 3.84. The second kappa shape index (κ2) is 17.8. The smallest absolute Gasteiger partial charge is 0.179 e. The Bertz CT molecular complexity index is 3900. The van der Waals surface area contributed by atoms with Crippen LogP contribution in [0.1, 0.15) is 0 Å². The zero-order valence-electron chi connectivity index (χ0n) is 39.0. The Morgan fingerprint density at radius 3 is 1.24 bits per heavy atom. The molecule has 0 aliphatic carbocycles. The summed E-state index contributed by atoms with van der Waals surface area (Å²) in [7, 11) is -2.63. The van der Waals surface area contributed by atoms with E-state index in [0.29, 0.717) is 0 Å². The first-order valence-electron chi connectivity index (χ1n) is 24.4. The minimum Gasteiger partial charge on any atom is -0.455 e. The molecule has 13 aromatic rings. The molecule has 0 radical (unpaired) electrons. The summed E-state index contributed by atoms with van der Waals surface area (Å²) in [6.45, 7) is 0. The highest BCUT2D eigenvalue weighted by Gasteiger charge is 2.41. The van der Waals surface area contributed by atoms with Gasteiger partial charge in [0.25, 0.3) is 0 Å². The molecule has 0 aliphatic heterocycles. The lowest BCUT2D eigenvalue weighted by atomic mass is 9.98. The van der Waals surface area contributed by atoms with Crippen molar-refractivity contribution in [1.29, 1.82) is 0 Å². The van der Waals surface area contributed by atoms with Crippen molar-refractivity contribution < 1.29 is 4.42 Å². The lowest BCUT2D eigenvalue weighted by Crippen LogP contribution is -2.74. The fourth-order valence-corrected chi connectivity index (χ4v) is 15.7. The second-order valence-corrected chi connectivity index (χ2v) is 22.3. The van der Waals surface area contributed by atoms with Crippen molar-refractivity contribution >= 4 is 89.4 Å². The van der Waals surface area contributed by atoms with Crippen molar-refractivity contribution in [3.05, 3.63) is 285 Å². The van der Waals surface area contributed by atoms with Crippen molar-refractivity contribution in [3.8, 4) is 33.4 Å². The van der Waals surface area contributed by atoms with E-state index < -0.39 is 8.07 Å². The minimum absolute atomic E-state index is 0.902. The molecule has 334 valence electrons. The van der Waals surface area contributed by atoms with Crippen LogP contribution in [-0.2, 0) is 0 Å². The number of nitrogens with zero attached hydrogens (tertiary/aromatic N) is 1. The number of rotatable bonds is 10. The van der Waals surface area contributed by atoms with Gasteiger partial charge in [0, 0.05) is 33.4 Å². The Labute approximate surface area is 415 Å². The zero-order chi connectivity index (χ0) is 47.1. The molecule has 0 saturated heterocycles. The molecule has 0 unspecified atom stereocenters. The molecule has 0 saturated carbocycles. The van der Waals surface area contributed by atoms with Crippen molar-refractivity contribution in [2.24, 2.45) is 0 Å². The molecule has 0 amide bonds. The molecule has 13 rings (SSSR count). The van der Waals surface area contributed by atoms with Crippen molar-refractivity contribution in [1.82, 2.24) is 0 Å². The first-order chi connectivity index (χ1) is 35.2. The SMILES string of the molecule is c1ccc([Si](c2ccccc2)(c2ccccc2)c2ccc(-c3ccc(N(c4ccc(-c5ccc6cc7ccccc7cc6c5)cc4)c4ccc(-c5cccc6c5oc5ccccc56)cc4)cc3)cc2)cc1. The summed E-state index contributed by atoms with van der Waals surface area (Å²) in [5.41, 5.74) is 11.9. The van der Waals surface area contributed by atoms with Crippen molar-refractivity contribution in [2.45, 2.75) is 0 Å². The molecule has 0 bridgehead atoms. The van der Waals surface area contributed by atoms with E-state index >= 15 is 0 Å². The van der Waals surface area contributed by atoms with Gasteiger partial charge >= 0.3 is 0 Å². The number of benzene rings is 12. The van der Waals surface area contributed by atoms with Crippen LogP contribution in [0.3, 0.4) is 0 Å². The van der Waals surface area contributed by atoms with Crippen molar-refractivity contribution in [2.75, 3.05) is 4.90 Å². The summed E-state index contributed by atoms with van der Waals surface area (Å²) in [5, 5.41) is 12.7. The lowest BCUT2D eigenvalue weighted by molar-refractivity contribution is 0.670. The van der Waals surface area contributed by atoms with Gasteiger partial charge in [-0.3, -0.25) is 0 Å². The summed E-state index contributed by atoms with van der Waals surface area (Å²) in [6, 6.07) is 104. The second-order valence-electron chi connectivity index (χ2n) is 18.4. The molecule has 0 aliphatic rings. The van der Waals surface area contributed by atoms with E-state index in [1.54, 1.807) is 0 Å². The average molecular weight is 922 g/mol. The summed E-state index contributed by atoms with van der Waals surface area (Å²) in [4.78, 5) is 2.36. The molecule has 1 aromatic heterocycles. The Hall–Kier alpha value is -9.02. The van der Waals surface area contributed by atoms with Crippen LogP contribution in [0.4, 0.5) is 17.1 Å². The van der Waals surface area contributed by atoms with E-state index in [0.717, 1.165) is 50.1 Å². The zero-order valence-corrected chi connectivity index (χ0v) is 40.0. The number of anilines is 3. The molecular formula is C68H47NOSi. The molecule has 0 atom stereocenters. The fraction of sp³-hybridized carbons (Fsp3) is 0. The fourth-order valence-electron chi connectivity index (χ4n) is 10.9. The Kier molecular flexibility index (Phi) is 10.6. The largest absolute Gasteiger partial charge is 0.455 e. The number of hydrogen-bond donors (Lipinski definition) is 0. The van der Waals surface area contributed by atoms with Gasteiger partial charge in [-0.1, -0.05) is 224 Å². The highest BCUT2D eigenvalue weighted by molar-refractivity contribution is 7.19. The summed E-state index contributed by atoms with van der Waals surface area (Å²) >= 11 is 0. The van der Waals surface area contributed by atoms with Gasteiger partial charge in [0.1, 0.15) is 11.2 Å². The van der Waals surface area contributed by atoms with E-state index in [2.05, 4.69) is 278 Å². The topological polar surface area (TPSA) is 16.4 Å². The van der Waals surface area contributed by atoms with Gasteiger partial charge in [0.2, 0.25) is 0 Å². The predicted molar refractivity (Wildman–Crippen MR) is 303 cm³/mol. The van der Waals surface area contributed by atoms with E-state index in [4.69, 9.17) is 4.42 Å². The van der Waals surface area contributed by atoms with E-state index in [9.17, 15) is 0 Å². The maximum Gasteiger partial charge on any atom is 0.179 e. The summed E-state index contributed by atoms with van der Waals surface area (Å²) in [6.07, 6.45) is 0. The van der Waals surface area contributed by atoms with Gasteiger partial charge in [-0.25, -0.2) is 0 Å². The summed E-state index contributed by atoms with van der Waals surface area (Å²) in [5.74, 6) is 0. The number of hydrogen-bond acceptors (Lipinski definition) is 2. The first kappa shape index (κ1) is 42.1. The molecule has 0 spiro atoms. The monoisotopic (exact) mass is 921 g/mol. The van der Waals surface area contributed by atoms with Crippen LogP contribution < -0.4 is 25.6 Å². The summed E-state index contributed by atoms with van der Waals surface area (Å²) < 4.78 is 6.47. The van der Waals surface area contributed by atoms with Crippen molar-refractivity contribution in [3.63, 3.8) is 0 Å². The third-order valence-electron chi connectivity index (χ3n) is 14.4. The molecular weight excluding hydrogens is 875 g/mol. The van der Waals surface area contributed by atoms with Gasteiger partial charge in [-0.15, -0.1) is 0 Å². The van der Waals surface area contributed by atoms with Crippen LogP contribution in [0, 0.1) is 0 Å². The van der Waals surface area contributed by atoms with E-state index in [1.165, 1.54) is 64.5 Å². The minimum atomic E-state index is -2.63. The van der Waals surface area contributed by atoms with Gasteiger partial charge in [0.05, 0.1) is 0 Å². The molecule has 71 heavy (non-hydrogen) atoms. The van der Waals surface area contributed by atoms with Gasteiger partial charge in [-0.05, 0) is 131 Å². The Morgan fingerprint density at radius 1 is 0.268 bits per heavy atom. The normalized spacial score (nSPS) is 11.7. The maximum absolute atomic E-state index is 6.47. The molecule has 3 heteroatoms. The van der Waals surface area contributed by atoms with Gasteiger partial charge < -0.3 is 9.32 Å². The number of para-hydroxylation sites is 2. The van der Waals surface area contributed by atoms with Crippen LogP contribution in [-0.4, -0.2) is 8.07 Å². The van der Waals surface area contributed by atoms with Gasteiger partial charge in [0.15, 0.2) is 8.07 Å². The Morgan fingerprint density at radius 2 is 0.676 bits per heavy atom. The van der Waals surface area contributed by atoms with Crippen LogP contribution in [0.5, 0.6) is 0 Å². The molecule has 12 aromatic carbocycles. The van der Waals surface area contributed by atoms with Gasteiger partial charge in [-0.2, -0.15) is 0 Å². The molecule has 0 N–H and O–H groups in total. The van der Waals surface area contributed by atoms with Crippen LogP contribution in [0.2, 0.25) is 0 Å². The standard InChI is InChI=1S/C68H47NOSi/c1-4-17-60(18-5-1)71(61-19-6-2-7-20-61,62-21-8-3-9-22-62)63-43-35-49(36-44-63)48-29-37-57(38-30-48)69(59-41-33-51(34-42-59)64-24-14-25-66-65-23-12-13-26-67(65)70-68(64)66)58-39-31-50(32-40-58)54-27-28-55-45-52-15-10-11-16-53(52)46-56(55)47-54/h1-47H. The highest BCUT2D eigenvalue weighted by Crippen LogP contribution is 2.40. The van der Waals surface area contributed by atoms with Crippen LogP contribution >= 0.6 is 0 Å². The van der Waals surface area contributed by atoms with Crippen LogP contribution in [0.15, 0.2) is 290 Å². The number of fused-ring (bicyclic) bond motifs is 5. The van der Waals surface area contributed by atoms with E-state index in [-0.39, 0.29) is 0 Å². The van der Waals surface area contributed by atoms with E-state index in [1.807, 2.05) is 12.1 Å². The predicted octanol–water partition coefficient (Wildman–Crippen LogP) is 15.7. The Balaban J connectivity index is 0.870. The third-order valence-corrected chi connectivity index (χ3v) is 19.2. The molecule has 2 nitrogen and oxygen atoms in total. The number of furan rings is 1. The molecule has 1 heterocycles.